The Kier molecular flexibility index (Phi) is 3.38. The van der Waals surface area contributed by atoms with Crippen molar-refractivity contribution in [1.29, 1.82) is 0 Å². The molecule has 0 spiro atoms. The lowest BCUT2D eigenvalue weighted by atomic mass is 10.1. The summed E-state index contributed by atoms with van der Waals surface area (Å²) in [5, 5.41) is 9.37. The minimum absolute atomic E-state index is 0.0544. The van der Waals surface area contributed by atoms with Crippen LogP contribution in [-0.4, -0.2) is 53.9 Å². The van der Waals surface area contributed by atoms with E-state index in [9.17, 15) is 13.5 Å². The second kappa shape index (κ2) is 4.74. The Morgan fingerprint density at radius 2 is 1.94 bits per heavy atom. The van der Waals surface area contributed by atoms with E-state index in [0.29, 0.717) is 19.0 Å². The predicted molar refractivity (Wildman–Crippen MR) is 68.2 cm³/mol. The molecule has 3 rings (SSSR count). The lowest BCUT2D eigenvalue weighted by Crippen LogP contribution is -2.53. The molecule has 2 saturated heterocycles. The molecule has 6 heteroatoms. The molecule has 104 valence electrons. The van der Waals surface area contributed by atoms with E-state index in [1.807, 2.05) is 0 Å². The summed E-state index contributed by atoms with van der Waals surface area (Å²) < 4.78 is 28.6. The van der Waals surface area contributed by atoms with Crippen molar-refractivity contribution >= 4 is 10.2 Å². The van der Waals surface area contributed by atoms with Crippen LogP contribution in [0.25, 0.3) is 0 Å². The number of piperidine rings is 2. The van der Waals surface area contributed by atoms with Crippen LogP contribution in [-0.2, 0) is 10.2 Å². The summed E-state index contributed by atoms with van der Waals surface area (Å²) in [5.41, 5.74) is 0. The largest absolute Gasteiger partial charge is 0.395 e. The third-order valence-electron chi connectivity index (χ3n) is 4.74. The molecule has 0 aromatic rings. The Bertz CT molecular complexity index is 412. The quantitative estimate of drug-likeness (QED) is 0.818. The molecule has 5 nitrogen and oxygen atoms in total. The van der Waals surface area contributed by atoms with Crippen LogP contribution in [0.3, 0.4) is 0 Å². The van der Waals surface area contributed by atoms with Crippen molar-refractivity contribution in [3.8, 4) is 0 Å². The van der Waals surface area contributed by atoms with E-state index in [4.69, 9.17) is 0 Å². The first-order valence-electron chi connectivity index (χ1n) is 7.02. The fourth-order valence-corrected chi connectivity index (χ4v) is 5.90. The highest BCUT2D eigenvalue weighted by atomic mass is 32.2. The second-order valence-electron chi connectivity index (χ2n) is 5.85. The molecular formula is C12H22N2O3S. The van der Waals surface area contributed by atoms with Gasteiger partial charge >= 0.3 is 0 Å². The van der Waals surface area contributed by atoms with Crippen LogP contribution in [0, 0.1) is 5.92 Å². The average Bonchev–Trinajstić information content (AvgIpc) is 3.01. The summed E-state index contributed by atoms with van der Waals surface area (Å²) in [7, 11) is -3.35. The summed E-state index contributed by atoms with van der Waals surface area (Å²) >= 11 is 0. The van der Waals surface area contributed by atoms with Gasteiger partial charge in [-0.2, -0.15) is 17.0 Å². The standard InChI is InChI=1S/C12H22N2O3S/c15-9-12-3-1-2-6-13(12)18(16,17)14-8-10-4-5-11(14)7-10/h10-12,15H,1-9H2. The normalized spacial score (nSPS) is 38.4. The Morgan fingerprint density at radius 1 is 1.11 bits per heavy atom. The van der Waals surface area contributed by atoms with Gasteiger partial charge in [-0.15, -0.1) is 0 Å². The highest BCUT2D eigenvalue weighted by molar-refractivity contribution is 7.86. The van der Waals surface area contributed by atoms with Gasteiger partial charge in [0.15, 0.2) is 0 Å². The number of nitrogens with zero attached hydrogens (tertiary/aromatic N) is 2. The number of hydrogen-bond donors (Lipinski definition) is 1. The molecule has 0 aromatic carbocycles. The summed E-state index contributed by atoms with van der Waals surface area (Å²) in [6.45, 7) is 1.21. The SMILES string of the molecule is O=S(=O)(N1CCCCC1CO)N1CC2CCC1C2. The fraction of sp³-hybridized carbons (Fsp3) is 1.00. The van der Waals surface area contributed by atoms with Gasteiger partial charge in [-0.1, -0.05) is 6.42 Å². The van der Waals surface area contributed by atoms with E-state index in [1.54, 1.807) is 8.61 Å². The van der Waals surface area contributed by atoms with Gasteiger partial charge in [0.1, 0.15) is 0 Å². The Balaban J connectivity index is 1.80. The van der Waals surface area contributed by atoms with Crippen LogP contribution in [0.2, 0.25) is 0 Å². The maximum Gasteiger partial charge on any atom is 0.282 e. The molecule has 2 bridgehead atoms. The van der Waals surface area contributed by atoms with Crippen LogP contribution >= 0.6 is 0 Å². The predicted octanol–water partition coefficient (Wildman–Crippen LogP) is 0.562. The number of hydrogen-bond acceptors (Lipinski definition) is 3. The second-order valence-corrected chi connectivity index (χ2v) is 7.69. The Morgan fingerprint density at radius 3 is 2.56 bits per heavy atom. The molecule has 0 aromatic heterocycles. The van der Waals surface area contributed by atoms with Gasteiger partial charge < -0.3 is 5.11 Å². The minimum Gasteiger partial charge on any atom is -0.395 e. The molecule has 3 unspecified atom stereocenters. The van der Waals surface area contributed by atoms with Crippen LogP contribution in [0.4, 0.5) is 0 Å². The zero-order chi connectivity index (χ0) is 12.8. The Hall–Kier alpha value is -0.170. The highest BCUT2D eigenvalue weighted by Crippen LogP contribution is 2.40. The van der Waals surface area contributed by atoms with Crippen molar-refractivity contribution in [2.45, 2.75) is 50.6 Å². The van der Waals surface area contributed by atoms with Crippen LogP contribution in [0.5, 0.6) is 0 Å². The van der Waals surface area contributed by atoms with E-state index in [2.05, 4.69) is 0 Å². The first-order chi connectivity index (χ1) is 8.63. The maximum atomic E-state index is 12.7. The zero-order valence-corrected chi connectivity index (χ0v) is 11.5. The zero-order valence-electron chi connectivity index (χ0n) is 10.7. The lowest BCUT2D eigenvalue weighted by Gasteiger charge is -2.38. The van der Waals surface area contributed by atoms with Gasteiger partial charge in [-0.25, -0.2) is 0 Å². The molecule has 0 amide bonds. The van der Waals surface area contributed by atoms with E-state index >= 15 is 0 Å². The maximum absolute atomic E-state index is 12.7. The van der Waals surface area contributed by atoms with E-state index in [1.165, 1.54) is 6.42 Å². The van der Waals surface area contributed by atoms with Gasteiger partial charge in [-0.05, 0) is 38.0 Å². The van der Waals surface area contributed by atoms with E-state index in [0.717, 1.165) is 32.1 Å². The van der Waals surface area contributed by atoms with Crippen molar-refractivity contribution in [3.05, 3.63) is 0 Å². The first kappa shape index (κ1) is 12.8. The Labute approximate surface area is 109 Å². The summed E-state index contributed by atoms with van der Waals surface area (Å²) in [5.74, 6) is 0.571. The molecule has 1 aliphatic carbocycles. The molecule has 3 aliphatic rings. The van der Waals surface area contributed by atoms with Crippen molar-refractivity contribution in [2.75, 3.05) is 19.7 Å². The first-order valence-corrected chi connectivity index (χ1v) is 8.42. The molecule has 3 fully saturated rings. The van der Waals surface area contributed by atoms with Crippen LogP contribution in [0.15, 0.2) is 0 Å². The number of rotatable bonds is 3. The molecule has 18 heavy (non-hydrogen) atoms. The van der Waals surface area contributed by atoms with E-state index in [-0.39, 0.29) is 18.7 Å². The molecular weight excluding hydrogens is 252 g/mol. The van der Waals surface area contributed by atoms with Gasteiger partial charge in [0.05, 0.1) is 6.61 Å². The van der Waals surface area contributed by atoms with Crippen LogP contribution in [0.1, 0.15) is 38.5 Å². The van der Waals surface area contributed by atoms with Crippen molar-refractivity contribution in [2.24, 2.45) is 5.92 Å². The smallest absolute Gasteiger partial charge is 0.282 e. The van der Waals surface area contributed by atoms with Gasteiger partial charge in [0.2, 0.25) is 0 Å². The van der Waals surface area contributed by atoms with Gasteiger partial charge in [0, 0.05) is 25.2 Å². The molecule has 3 atom stereocenters. The molecule has 2 heterocycles. The third-order valence-corrected chi connectivity index (χ3v) is 6.85. The van der Waals surface area contributed by atoms with Crippen molar-refractivity contribution in [3.63, 3.8) is 0 Å². The number of aliphatic hydroxyl groups is 1. The molecule has 1 saturated carbocycles. The average molecular weight is 274 g/mol. The fourth-order valence-electron chi connectivity index (χ4n) is 3.76. The van der Waals surface area contributed by atoms with Crippen LogP contribution < -0.4 is 0 Å². The minimum atomic E-state index is -3.35. The van der Waals surface area contributed by atoms with Gasteiger partial charge in [0.25, 0.3) is 10.2 Å². The molecule has 2 aliphatic heterocycles. The molecule has 1 N–H and O–H groups in total. The molecule has 0 radical (unpaired) electrons. The summed E-state index contributed by atoms with van der Waals surface area (Å²) in [4.78, 5) is 0. The number of aliphatic hydroxyl groups excluding tert-OH is 1. The number of fused-ring (bicyclic) bond motifs is 2. The third kappa shape index (κ3) is 1.99. The van der Waals surface area contributed by atoms with Gasteiger partial charge in [-0.3, -0.25) is 0 Å². The van der Waals surface area contributed by atoms with E-state index < -0.39 is 10.2 Å². The van der Waals surface area contributed by atoms with Crippen molar-refractivity contribution in [1.82, 2.24) is 8.61 Å². The highest BCUT2D eigenvalue weighted by Gasteiger charge is 2.47. The van der Waals surface area contributed by atoms with Crippen molar-refractivity contribution < 1.29 is 13.5 Å². The topological polar surface area (TPSA) is 60.9 Å². The monoisotopic (exact) mass is 274 g/mol. The summed E-state index contributed by atoms with van der Waals surface area (Å²) in [6.07, 6.45) is 5.96. The lowest BCUT2D eigenvalue weighted by molar-refractivity contribution is 0.145. The summed E-state index contributed by atoms with van der Waals surface area (Å²) in [6, 6.07) is 0.0177.